The molecule has 1 aliphatic heterocycles. The zero-order valence-corrected chi connectivity index (χ0v) is 16.2. The third-order valence-corrected chi connectivity index (χ3v) is 5.45. The number of halogens is 2. The summed E-state index contributed by atoms with van der Waals surface area (Å²) in [7, 11) is 0. The Bertz CT molecular complexity index is 1060. The van der Waals surface area contributed by atoms with Crippen LogP contribution in [0.1, 0.15) is 4.88 Å². The molecule has 2 heterocycles. The van der Waals surface area contributed by atoms with Crippen molar-refractivity contribution in [2.75, 3.05) is 10.2 Å². The van der Waals surface area contributed by atoms with Crippen LogP contribution in [0, 0.1) is 5.82 Å². The number of thiophene rings is 1. The number of hydrogen-bond donors (Lipinski definition) is 1. The van der Waals surface area contributed by atoms with Gasteiger partial charge in [0.25, 0.3) is 11.8 Å². The molecule has 0 saturated heterocycles. The number of nitrogens with one attached hydrogen (secondary N) is 1. The summed E-state index contributed by atoms with van der Waals surface area (Å²) in [5.41, 5.74) is 1.29. The Morgan fingerprint density at radius 2 is 1.74 bits per heavy atom. The van der Waals surface area contributed by atoms with Crippen LogP contribution in [0.15, 0.2) is 76.2 Å². The molecule has 134 valence electrons. The second-order valence-corrected chi connectivity index (χ2v) is 7.65. The summed E-state index contributed by atoms with van der Waals surface area (Å²) in [6.07, 6.45) is 0. The Morgan fingerprint density at radius 3 is 2.41 bits per heavy atom. The van der Waals surface area contributed by atoms with Gasteiger partial charge in [-0.2, -0.15) is 0 Å². The van der Waals surface area contributed by atoms with E-state index in [1.54, 1.807) is 36.4 Å². The van der Waals surface area contributed by atoms with E-state index in [9.17, 15) is 14.0 Å². The SMILES string of the molecule is O=C1C(Nc2cccc(F)c2)=C(c2cccs2)C(=O)N1c1ccc(Br)cc1. The molecule has 0 radical (unpaired) electrons. The van der Waals surface area contributed by atoms with Gasteiger partial charge in [-0.15, -0.1) is 11.3 Å². The monoisotopic (exact) mass is 442 g/mol. The van der Waals surface area contributed by atoms with Crippen molar-refractivity contribution in [2.24, 2.45) is 0 Å². The average Bonchev–Trinajstić information content (AvgIpc) is 3.24. The van der Waals surface area contributed by atoms with Crippen LogP contribution in [0.4, 0.5) is 15.8 Å². The summed E-state index contributed by atoms with van der Waals surface area (Å²) in [4.78, 5) is 28.0. The van der Waals surface area contributed by atoms with Gasteiger partial charge in [-0.3, -0.25) is 9.59 Å². The molecule has 7 heteroatoms. The highest BCUT2D eigenvalue weighted by Crippen LogP contribution is 2.35. The minimum absolute atomic E-state index is 0.135. The molecule has 1 aliphatic rings. The first-order valence-corrected chi connectivity index (χ1v) is 9.67. The van der Waals surface area contributed by atoms with E-state index < -0.39 is 17.6 Å². The van der Waals surface area contributed by atoms with Crippen LogP contribution in [0.5, 0.6) is 0 Å². The maximum Gasteiger partial charge on any atom is 0.282 e. The van der Waals surface area contributed by atoms with Gasteiger partial charge in [0, 0.05) is 15.0 Å². The minimum Gasteiger partial charge on any atom is -0.350 e. The summed E-state index contributed by atoms with van der Waals surface area (Å²) in [5, 5.41) is 4.77. The second-order valence-electron chi connectivity index (χ2n) is 5.78. The number of amides is 2. The highest BCUT2D eigenvalue weighted by Gasteiger charge is 2.40. The van der Waals surface area contributed by atoms with Gasteiger partial charge in [0.05, 0.1) is 11.3 Å². The maximum absolute atomic E-state index is 13.5. The van der Waals surface area contributed by atoms with Crippen LogP contribution in [-0.2, 0) is 9.59 Å². The van der Waals surface area contributed by atoms with Crippen molar-refractivity contribution in [2.45, 2.75) is 0 Å². The Hall–Kier alpha value is -2.77. The van der Waals surface area contributed by atoms with Crippen LogP contribution < -0.4 is 10.2 Å². The fraction of sp³-hybridized carbons (Fsp3) is 0. The number of imide groups is 1. The van der Waals surface area contributed by atoms with E-state index in [2.05, 4.69) is 21.2 Å². The van der Waals surface area contributed by atoms with Crippen molar-refractivity contribution in [1.82, 2.24) is 0 Å². The lowest BCUT2D eigenvalue weighted by Crippen LogP contribution is -2.32. The Kier molecular flexibility index (Phi) is 4.63. The van der Waals surface area contributed by atoms with Crippen molar-refractivity contribution in [3.8, 4) is 0 Å². The van der Waals surface area contributed by atoms with Gasteiger partial charge in [-0.05, 0) is 53.9 Å². The fourth-order valence-corrected chi connectivity index (χ4v) is 3.86. The zero-order chi connectivity index (χ0) is 19.0. The van der Waals surface area contributed by atoms with E-state index in [-0.39, 0.29) is 11.3 Å². The van der Waals surface area contributed by atoms with E-state index in [1.807, 2.05) is 11.4 Å². The second kappa shape index (κ2) is 7.09. The number of hydrogen-bond acceptors (Lipinski definition) is 4. The Morgan fingerprint density at radius 1 is 0.963 bits per heavy atom. The van der Waals surface area contributed by atoms with Crippen molar-refractivity contribution >= 4 is 56.0 Å². The van der Waals surface area contributed by atoms with E-state index in [0.29, 0.717) is 16.3 Å². The third kappa shape index (κ3) is 3.31. The van der Waals surface area contributed by atoms with Gasteiger partial charge in [0.15, 0.2) is 0 Å². The lowest BCUT2D eigenvalue weighted by molar-refractivity contribution is -0.120. The smallest absolute Gasteiger partial charge is 0.282 e. The third-order valence-electron chi connectivity index (χ3n) is 4.03. The summed E-state index contributed by atoms with van der Waals surface area (Å²) in [6, 6.07) is 16.3. The first-order valence-electron chi connectivity index (χ1n) is 7.99. The zero-order valence-electron chi connectivity index (χ0n) is 13.8. The molecule has 0 unspecified atom stereocenters. The predicted molar refractivity (Wildman–Crippen MR) is 108 cm³/mol. The standard InChI is InChI=1S/C20H12BrFN2O2S/c21-12-6-8-15(9-7-12)24-19(25)17(16-5-2-10-27-16)18(20(24)26)23-14-4-1-3-13(22)11-14/h1-11,23H. The van der Waals surface area contributed by atoms with Crippen LogP contribution in [0.25, 0.3) is 5.57 Å². The molecule has 1 N–H and O–H groups in total. The molecule has 2 amide bonds. The largest absolute Gasteiger partial charge is 0.350 e. The first kappa shape index (κ1) is 17.6. The van der Waals surface area contributed by atoms with Crippen LogP contribution in [0.3, 0.4) is 0 Å². The van der Waals surface area contributed by atoms with Gasteiger partial charge in [-0.1, -0.05) is 28.1 Å². The van der Waals surface area contributed by atoms with E-state index in [0.717, 1.165) is 9.37 Å². The molecule has 4 rings (SSSR count). The Labute approximate surface area is 167 Å². The number of carbonyl (C=O) groups is 2. The molecule has 0 atom stereocenters. The van der Waals surface area contributed by atoms with Gasteiger partial charge in [0.1, 0.15) is 11.5 Å². The van der Waals surface area contributed by atoms with Gasteiger partial charge < -0.3 is 5.32 Å². The van der Waals surface area contributed by atoms with Crippen molar-refractivity contribution in [3.63, 3.8) is 0 Å². The topological polar surface area (TPSA) is 49.4 Å². The molecular formula is C20H12BrFN2O2S. The number of nitrogens with zero attached hydrogens (tertiary/aromatic N) is 1. The average molecular weight is 443 g/mol. The fourth-order valence-electron chi connectivity index (χ4n) is 2.83. The molecule has 2 aromatic carbocycles. The van der Waals surface area contributed by atoms with Crippen molar-refractivity contribution in [3.05, 3.63) is 86.9 Å². The van der Waals surface area contributed by atoms with Gasteiger partial charge >= 0.3 is 0 Å². The molecule has 0 saturated carbocycles. The minimum atomic E-state index is -0.477. The summed E-state index contributed by atoms with van der Waals surface area (Å²) in [5.74, 6) is -1.32. The van der Waals surface area contributed by atoms with Crippen LogP contribution in [0.2, 0.25) is 0 Å². The summed E-state index contributed by atoms with van der Waals surface area (Å²) in [6.45, 7) is 0. The van der Waals surface area contributed by atoms with Crippen molar-refractivity contribution in [1.29, 1.82) is 0 Å². The highest BCUT2D eigenvalue weighted by atomic mass is 79.9. The van der Waals surface area contributed by atoms with Crippen LogP contribution >= 0.6 is 27.3 Å². The van der Waals surface area contributed by atoms with E-state index >= 15 is 0 Å². The lowest BCUT2D eigenvalue weighted by Gasteiger charge is -2.15. The molecule has 0 spiro atoms. The number of anilines is 2. The van der Waals surface area contributed by atoms with E-state index in [1.165, 1.54) is 29.5 Å². The molecular weight excluding hydrogens is 431 g/mol. The number of carbonyl (C=O) groups excluding carboxylic acids is 2. The highest BCUT2D eigenvalue weighted by molar-refractivity contribution is 9.10. The lowest BCUT2D eigenvalue weighted by atomic mass is 10.2. The number of benzene rings is 2. The van der Waals surface area contributed by atoms with E-state index in [4.69, 9.17) is 0 Å². The molecule has 0 bridgehead atoms. The molecule has 4 nitrogen and oxygen atoms in total. The van der Waals surface area contributed by atoms with Crippen molar-refractivity contribution < 1.29 is 14.0 Å². The summed E-state index contributed by atoms with van der Waals surface area (Å²) >= 11 is 4.71. The molecule has 27 heavy (non-hydrogen) atoms. The predicted octanol–water partition coefficient (Wildman–Crippen LogP) is 5.05. The number of rotatable bonds is 4. The molecule has 1 aromatic heterocycles. The first-order chi connectivity index (χ1) is 13.0. The van der Waals surface area contributed by atoms with Gasteiger partial charge in [-0.25, -0.2) is 9.29 Å². The maximum atomic E-state index is 13.5. The van der Waals surface area contributed by atoms with Crippen LogP contribution in [-0.4, -0.2) is 11.8 Å². The Balaban J connectivity index is 1.79. The van der Waals surface area contributed by atoms with Gasteiger partial charge in [0.2, 0.25) is 0 Å². The molecule has 0 fully saturated rings. The molecule has 0 aliphatic carbocycles. The quantitative estimate of drug-likeness (QED) is 0.575. The summed E-state index contributed by atoms with van der Waals surface area (Å²) < 4.78 is 14.4. The molecule has 3 aromatic rings. The normalized spacial score (nSPS) is 14.2.